The third-order valence-corrected chi connectivity index (χ3v) is 3.45. The molecule has 114 valence electrons. The molecule has 1 N–H and O–H groups in total. The summed E-state index contributed by atoms with van der Waals surface area (Å²) in [4.78, 5) is 12.1. The number of nitrogens with one attached hydrogen (secondary N) is 1. The summed E-state index contributed by atoms with van der Waals surface area (Å²) in [7, 11) is 1.54. The van der Waals surface area contributed by atoms with Crippen LogP contribution < -0.4 is 10.2 Å². The van der Waals surface area contributed by atoms with Crippen LogP contribution in [0.5, 0.6) is 5.75 Å². The summed E-state index contributed by atoms with van der Waals surface area (Å²) in [5.74, 6) is 0.231. The Kier molecular flexibility index (Phi) is 4.94. The Morgan fingerprint density at radius 1 is 1.14 bits per heavy atom. The molecule has 4 nitrogen and oxygen atoms in total. The highest BCUT2D eigenvalue weighted by Crippen LogP contribution is 2.17. The maximum Gasteiger partial charge on any atom is 0.275 e. The van der Waals surface area contributed by atoms with Gasteiger partial charge in [0.2, 0.25) is 0 Å². The summed E-state index contributed by atoms with van der Waals surface area (Å²) in [5.41, 5.74) is 7.50. The summed E-state index contributed by atoms with van der Waals surface area (Å²) in [6.45, 7) is 6.12. The SMILES string of the molecule is COc1ccccc1C(=O)N/N=C/c1c(C)cc(C)cc1C. The van der Waals surface area contributed by atoms with Gasteiger partial charge in [-0.1, -0.05) is 29.8 Å². The number of hydrazone groups is 1. The van der Waals surface area contributed by atoms with Crippen LogP contribution in [0, 0.1) is 20.8 Å². The Balaban J connectivity index is 2.15. The maximum atomic E-state index is 12.1. The zero-order valence-electron chi connectivity index (χ0n) is 13.3. The lowest BCUT2D eigenvalue weighted by molar-refractivity contribution is 0.0952. The predicted octanol–water partition coefficient (Wildman–Crippen LogP) is 3.38. The van der Waals surface area contributed by atoms with Crippen molar-refractivity contribution >= 4 is 12.1 Å². The zero-order valence-corrected chi connectivity index (χ0v) is 13.3. The maximum absolute atomic E-state index is 12.1. The van der Waals surface area contributed by atoms with E-state index in [0.717, 1.165) is 16.7 Å². The molecule has 0 atom stereocenters. The van der Waals surface area contributed by atoms with Crippen LogP contribution in [0.25, 0.3) is 0 Å². The summed E-state index contributed by atoms with van der Waals surface area (Å²) in [6, 6.07) is 11.2. The van der Waals surface area contributed by atoms with Crippen molar-refractivity contribution in [2.24, 2.45) is 5.10 Å². The van der Waals surface area contributed by atoms with E-state index in [1.54, 1.807) is 24.4 Å². The lowest BCUT2D eigenvalue weighted by atomic mass is 10.0. The molecular weight excluding hydrogens is 276 g/mol. The van der Waals surface area contributed by atoms with Crippen LogP contribution in [-0.2, 0) is 0 Å². The minimum Gasteiger partial charge on any atom is -0.496 e. The van der Waals surface area contributed by atoms with Gasteiger partial charge in [0, 0.05) is 5.56 Å². The van der Waals surface area contributed by atoms with E-state index in [2.05, 4.69) is 29.6 Å². The fourth-order valence-electron chi connectivity index (χ4n) is 2.44. The van der Waals surface area contributed by atoms with Crippen LogP contribution in [0.15, 0.2) is 41.5 Å². The average Bonchev–Trinajstić information content (AvgIpc) is 2.49. The van der Waals surface area contributed by atoms with Crippen molar-refractivity contribution in [1.29, 1.82) is 0 Å². The van der Waals surface area contributed by atoms with Crippen molar-refractivity contribution in [2.75, 3.05) is 7.11 Å². The van der Waals surface area contributed by atoms with Crippen molar-refractivity contribution < 1.29 is 9.53 Å². The van der Waals surface area contributed by atoms with E-state index in [-0.39, 0.29) is 5.91 Å². The van der Waals surface area contributed by atoms with E-state index in [0.29, 0.717) is 11.3 Å². The molecule has 0 aromatic heterocycles. The van der Waals surface area contributed by atoms with Gasteiger partial charge in [0.15, 0.2) is 0 Å². The molecule has 0 aliphatic rings. The quantitative estimate of drug-likeness (QED) is 0.694. The van der Waals surface area contributed by atoms with Crippen molar-refractivity contribution in [3.05, 3.63) is 64.2 Å². The molecule has 0 aliphatic carbocycles. The molecule has 0 saturated carbocycles. The van der Waals surface area contributed by atoms with E-state index in [1.807, 2.05) is 19.9 Å². The van der Waals surface area contributed by atoms with Crippen molar-refractivity contribution in [1.82, 2.24) is 5.43 Å². The number of carbonyl (C=O) groups excluding carboxylic acids is 1. The summed E-state index contributed by atoms with van der Waals surface area (Å²) >= 11 is 0. The highest BCUT2D eigenvalue weighted by molar-refractivity contribution is 5.97. The monoisotopic (exact) mass is 296 g/mol. The van der Waals surface area contributed by atoms with Crippen molar-refractivity contribution in [3.8, 4) is 5.75 Å². The van der Waals surface area contributed by atoms with Gasteiger partial charge in [0.1, 0.15) is 5.75 Å². The second-order valence-electron chi connectivity index (χ2n) is 5.21. The van der Waals surface area contributed by atoms with Gasteiger partial charge < -0.3 is 4.74 Å². The van der Waals surface area contributed by atoms with Gasteiger partial charge in [-0.3, -0.25) is 4.79 Å². The molecule has 0 saturated heterocycles. The first kappa shape index (κ1) is 15.8. The second kappa shape index (κ2) is 6.89. The first-order valence-corrected chi connectivity index (χ1v) is 7.07. The number of methoxy groups -OCH3 is 1. The Morgan fingerprint density at radius 3 is 2.41 bits per heavy atom. The number of carbonyl (C=O) groups is 1. The minimum atomic E-state index is -0.295. The molecule has 0 unspecified atom stereocenters. The van der Waals surface area contributed by atoms with E-state index in [9.17, 15) is 4.79 Å². The standard InChI is InChI=1S/C18H20N2O2/c1-12-9-13(2)16(14(3)10-12)11-19-20-18(21)15-7-5-6-8-17(15)22-4/h5-11H,1-4H3,(H,20,21)/b19-11+. The molecule has 2 aromatic carbocycles. The number of aryl methyl sites for hydroxylation is 3. The normalized spacial score (nSPS) is 10.7. The van der Waals surface area contributed by atoms with Gasteiger partial charge in [-0.2, -0.15) is 5.10 Å². The molecule has 0 heterocycles. The average molecular weight is 296 g/mol. The molecule has 0 bridgehead atoms. The topological polar surface area (TPSA) is 50.7 Å². The summed E-state index contributed by atoms with van der Waals surface area (Å²) in [6.07, 6.45) is 1.68. The lowest BCUT2D eigenvalue weighted by Gasteiger charge is -2.08. The molecule has 2 aromatic rings. The second-order valence-corrected chi connectivity index (χ2v) is 5.21. The van der Waals surface area contributed by atoms with Crippen LogP contribution in [0.2, 0.25) is 0 Å². The van der Waals surface area contributed by atoms with Gasteiger partial charge in [0.05, 0.1) is 18.9 Å². The van der Waals surface area contributed by atoms with Gasteiger partial charge in [-0.25, -0.2) is 5.43 Å². The van der Waals surface area contributed by atoms with Crippen LogP contribution in [0.3, 0.4) is 0 Å². The molecular formula is C18H20N2O2. The Bertz CT molecular complexity index is 698. The molecule has 2 rings (SSSR count). The number of rotatable bonds is 4. The number of benzene rings is 2. The highest BCUT2D eigenvalue weighted by Gasteiger charge is 2.10. The van der Waals surface area contributed by atoms with E-state index >= 15 is 0 Å². The highest BCUT2D eigenvalue weighted by atomic mass is 16.5. The van der Waals surface area contributed by atoms with Crippen LogP contribution in [0.1, 0.15) is 32.6 Å². The third kappa shape index (κ3) is 3.52. The fourth-order valence-corrected chi connectivity index (χ4v) is 2.44. The summed E-state index contributed by atoms with van der Waals surface area (Å²) < 4.78 is 5.17. The first-order valence-electron chi connectivity index (χ1n) is 7.07. The number of ether oxygens (including phenoxy) is 1. The zero-order chi connectivity index (χ0) is 16.1. The van der Waals surface area contributed by atoms with E-state index in [1.165, 1.54) is 12.7 Å². The molecule has 22 heavy (non-hydrogen) atoms. The molecule has 0 spiro atoms. The van der Waals surface area contributed by atoms with E-state index < -0.39 is 0 Å². The number of hydrogen-bond acceptors (Lipinski definition) is 3. The Hall–Kier alpha value is -2.62. The van der Waals surface area contributed by atoms with E-state index in [4.69, 9.17) is 4.74 Å². The molecule has 0 aliphatic heterocycles. The van der Waals surface area contributed by atoms with Gasteiger partial charge in [-0.05, 0) is 44.0 Å². The minimum absolute atomic E-state index is 0.295. The Morgan fingerprint density at radius 2 is 1.77 bits per heavy atom. The van der Waals surface area contributed by atoms with Crippen LogP contribution in [-0.4, -0.2) is 19.2 Å². The number of hydrogen-bond donors (Lipinski definition) is 1. The van der Waals surface area contributed by atoms with Gasteiger partial charge in [0.25, 0.3) is 5.91 Å². The smallest absolute Gasteiger partial charge is 0.275 e. The van der Waals surface area contributed by atoms with Crippen molar-refractivity contribution in [3.63, 3.8) is 0 Å². The predicted molar refractivity (Wildman–Crippen MR) is 88.7 cm³/mol. The number of para-hydroxylation sites is 1. The van der Waals surface area contributed by atoms with Crippen LogP contribution >= 0.6 is 0 Å². The summed E-state index contributed by atoms with van der Waals surface area (Å²) in [5, 5.41) is 4.06. The molecule has 1 amide bonds. The largest absolute Gasteiger partial charge is 0.496 e. The molecule has 0 radical (unpaired) electrons. The first-order chi connectivity index (χ1) is 10.5. The van der Waals surface area contributed by atoms with Gasteiger partial charge in [-0.15, -0.1) is 0 Å². The Labute approximate surface area is 130 Å². The number of amides is 1. The van der Waals surface area contributed by atoms with Gasteiger partial charge >= 0.3 is 0 Å². The van der Waals surface area contributed by atoms with Crippen LogP contribution in [0.4, 0.5) is 0 Å². The lowest BCUT2D eigenvalue weighted by Crippen LogP contribution is -2.18. The number of nitrogens with zero attached hydrogens (tertiary/aromatic N) is 1. The molecule has 0 fully saturated rings. The fraction of sp³-hybridized carbons (Fsp3) is 0.222. The third-order valence-electron chi connectivity index (χ3n) is 3.45. The van der Waals surface area contributed by atoms with Crippen molar-refractivity contribution in [2.45, 2.75) is 20.8 Å². The molecule has 4 heteroatoms.